The topological polar surface area (TPSA) is 28.2 Å². The maximum atomic E-state index is 4.68. The molecule has 0 spiro atoms. The van der Waals surface area contributed by atoms with Gasteiger partial charge in [-0.25, -0.2) is 4.98 Å². The highest BCUT2D eigenvalue weighted by Crippen LogP contribution is 2.33. The third-order valence-electron chi connectivity index (χ3n) is 3.34. The Balaban J connectivity index is 2.21. The van der Waals surface area contributed by atoms with Crippen molar-refractivity contribution in [2.75, 3.05) is 23.7 Å². The smallest absolute Gasteiger partial charge is 0.133 e. The zero-order valence-corrected chi connectivity index (χ0v) is 15.1. The molecule has 2 heterocycles. The fourth-order valence-corrected chi connectivity index (χ4v) is 3.89. The van der Waals surface area contributed by atoms with Crippen LogP contribution in [-0.2, 0) is 6.54 Å². The summed E-state index contributed by atoms with van der Waals surface area (Å²) in [5.74, 6) is 2.30. The number of anilines is 1. The first-order valence-electron chi connectivity index (χ1n) is 7.14. The number of hydrogen-bond acceptors (Lipinski definition) is 4. The highest BCUT2D eigenvalue weighted by Gasteiger charge is 2.28. The summed E-state index contributed by atoms with van der Waals surface area (Å²) in [7, 11) is 0. The highest BCUT2D eigenvalue weighted by molar-refractivity contribution is 9.10. The van der Waals surface area contributed by atoms with E-state index in [9.17, 15) is 0 Å². The van der Waals surface area contributed by atoms with E-state index in [4.69, 9.17) is 0 Å². The molecule has 1 fully saturated rings. The Bertz CT molecular complexity index is 462. The van der Waals surface area contributed by atoms with E-state index in [1.165, 1.54) is 11.3 Å². The maximum absolute atomic E-state index is 4.68. The van der Waals surface area contributed by atoms with Crippen molar-refractivity contribution in [3.63, 3.8) is 0 Å². The first-order valence-corrected chi connectivity index (χ1v) is 8.92. The van der Waals surface area contributed by atoms with Crippen molar-refractivity contribution in [3.8, 4) is 0 Å². The predicted molar refractivity (Wildman–Crippen MR) is 92.7 cm³/mol. The molecular weight excluding hydrogens is 334 g/mol. The summed E-state index contributed by atoms with van der Waals surface area (Å²) in [6, 6.07) is 2.67. The van der Waals surface area contributed by atoms with Gasteiger partial charge in [-0.3, -0.25) is 0 Å². The van der Waals surface area contributed by atoms with E-state index in [0.717, 1.165) is 29.9 Å². The monoisotopic (exact) mass is 357 g/mol. The predicted octanol–water partition coefficient (Wildman–Crippen LogP) is 3.67. The first kappa shape index (κ1) is 16.1. The van der Waals surface area contributed by atoms with Gasteiger partial charge >= 0.3 is 0 Å². The second-order valence-electron chi connectivity index (χ2n) is 6.20. The number of thioether (sulfide) groups is 1. The van der Waals surface area contributed by atoms with Crippen LogP contribution in [0.3, 0.4) is 0 Å². The Morgan fingerprint density at radius 2 is 2.25 bits per heavy atom. The average Bonchev–Trinajstić information content (AvgIpc) is 2.35. The van der Waals surface area contributed by atoms with E-state index in [1.807, 2.05) is 6.20 Å². The summed E-state index contributed by atoms with van der Waals surface area (Å²) in [6.45, 7) is 12.0. The zero-order valence-electron chi connectivity index (χ0n) is 12.7. The summed E-state index contributed by atoms with van der Waals surface area (Å²) >= 11 is 5.59. The van der Waals surface area contributed by atoms with Crippen LogP contribution < -0.4 is 10.2 Å². The molecule has 2 rings (SSSR count). The SMILES string of the molecule is CC(C)NCc1cc(Br)cnc1N1CCSC(C)(C)C1. The van der Waals surface area contributed by atoms with Crippen molar-refractivity contribution in [2.45, 2.75) is 45.0 Å². The lowest BCUT2D eigenvalue weighted by molar-refractivity contribution is 0.583. The lowest BCUT2D eigenvalue weighted by Gasteiger charge is -2.39. The van der Waals surface area contributed by atoms with Crippen LogP contribution in [0.1, 0.15) is 33.3 Å². The Kier molecular flexibility index (Phi) is 5.37. The van der Waals surface area contributed by atoms with Crippen LogP contribution >= 0.6 is 27.7 Å². The largest absolute Gasteiger partial charge is 0.354 e. The molecule has 3 nitrogen and oxygen atoms in total. The molecule has 1 aliphatic rings. The molecule has 5 heteroatoms. The minimum atomic E-state index is 0.301. The van der Waals surface area contributed by atoms with Gasteiger partial charge in [-0.1, -0.05) is 13.8 Å². The van der Waals surface area contributed by atoms with Crippen molar-refractivity contribution in [3.05, 3.63) is 22.3 Å². The summed E-state index contributed by atoms with van der Waals surface area (Å²) in [4.78, 5) is 7.11. The standard InChI is InChI=1S/C15H24BrN3S/c1-11(2)17-8-12-7-13(16)9-18-14(12)19-5-6-20-15(3,4)10-19/h7,9,11,17H,5-6,8,10H2,1-4H3. The Labute approximate surface area is 135 Å². The van der Waals surface area contributed by atoms with Crippen LogP contribution in [0.5, 0.6) is 0 Å². The number of hydrogen-bond donors (Lipinski definition) is 1. The van der Waals surface area contributed by atoms with E-state index >= 15 is 0 Å². The van der Waals surface area contributed by atoms with Crippen LogP contribution in [0.4, 0.5) is 5.82 Å². The van der Waals surface area contributed by atoms with Gasteiger partial charge in [-0.2, -0.15) is 11.8 Å². The number of nitrogens with one attached hydrogen (secondary N) is 1. The lowest BCUT2D eigenvalue weighted by Crippen LogP contribution is -2.44. The second kappa shape index (κ2) is 6.67. The summed E-state index contributed by atoms with van der Waals surface area (Å²) < 4.78 is 1.35. The fraction of sp³-hybridized carbons (Fsp3) is 0.667. The van der Waals surface area contributed by atoms with E-state index in [2.05, 4.69) is 76.7 Å². The first-order chi connectivity index (χ1) is 9.37. The average molecular weight is 358 g/mol. The summed E-state index contributed by atoms with van der Waals surface area (Å²) in [5, 5.41) is 3.50. The van der Waals surface area contributed by atoms with E-state index in [0.29, 0.717) is 10.8 Å². The van der Waals surface area contributed by atoms with Gasteiger partial charge in [0, 0.05) is 52.4 Å². The molecule has 20 heavy (non-hydrogen) atoms. The summed E-state index contributed by atoms with van der Waals surface area (Å²) in [5.41, 5.74) is 1.27. The van der Waals surface area contributed by atoms with Crippen molar-refractivity contribution < 1.29 is 0 Å². The highest BCUT2D eigenvalue weighted by atomic mass is 79.9. The van der Waals surface area contributed by atoms with E-state index in [1.54, 1.807) is 0 Å². The Morgan fingerprint density at radius 1 is 1.50 bits per heavy atom. The molecule has 0 radical (unpaired) electrons. The number of halogens is 1. The molecule has 1 N–H and O–H groups in total. The number of pyridine rings is 1. The maximum Gasteiger partial charge on any atom is 0.133 e. The third kappa shape index (κ3) is 4.37. The Hall–Kier alpha value is -0.260. The van der Waals surface area contributed by atoms with Gasteiger partial charge in [0.2, 0.25) is 0 Å². The van der Waals surface area contributed by atoms with E-state index in [-0.39, 0.29) is 0 Å². The van der Waals surface area contributed by atoms with Gasteiger partial charge < -0.3 is 10.2 Å². The van der Waals surface area contributed by atoms with Gasteiger partial charge in [0.25, 0.3) is 0 Å². The number of aromatic nitrogens is 1. The van der Waals surface area contributed by atoms with Gasteiger partial charge in [0.1, 0.15) is 5.82 Å². The second-order valence-corrected chi connectivity index (χ2v) is 8.92. The van der Waals surface area contributed by atoms with Crippen molar-refractivity contribution in [1.29, 1.82) is 0 Å². The van der Waals surface area contributed by atoms with Crippen LogP contribution in [0.2, 0.25) is 0 Å². The third-order valence-corrected chi connectivity index (χ3v) is 5.07. The van der Waals surface area contributed by atoms with Gasteiger partial charge in [0.15, 0.2) is 0 Å². The van der Waals surface area contributed by atoms with Gasteiger partial charge in [-0.15, -0.1) is 0 Å². The Morgan fingerprint density at radius 3 is 2.90 bits per heavy atom. The molecule has 0 aliphatic carbocycles. The van der Waals surface area contributed by atoms with Crippen molar-refractivity contribution in [2.24, 2.45) is 0 Å². The minimum Gasteiger partial charge on any atom is -0.354 e. The molecule has 1 aromatic rings. The molecular formula is C15H24BrN3S. The molecule has 1 aromatic heterocycles. The van der Waals surface area contributed by atoms with Crippen molar-refractivity contribution >= 4 is 33.5 Å². The molecule has 112 valence electrons. The molecule has 0 atom stereocenters. The van der Waals surface area contributed by atoms with Crippen LogP contribution in [0, 0.1) is 0 Å². The van der Waals surface area contributed by atoms with Crippen LogP contribution in [0.25, 0.3) is 0 Å². The van der Waals surface area contributed by atoms with Gasteiger partial charge in [0.05, 0.1) is 0 Å². The molecule has 1 aliphatic heterocycles. The molecule has 0 saturated carbocycles. The van der Waals surface area contributed by atoms with Crippen LogP contribution in [0.15, 0.2) is 16.7 Å². The van der Waals surface area contributed by atoms with Crippen LogP contribution in [-0.4, -0.2) is 34.6 Å². The fourth-order valence-electron chi connectivity index (χ4n) is 2.40. The number of nitrogens with zero attached hydrogens (tertiary/aromatic N) is 2. The molecule has 1 saturated heterocycles. The normalized spacial score (nSPS) is 18.6. The summed E-state index contributed by atoms with van der Waals surface area (Å²) in [6.07, 6.45) is 1.91. The van der Waals surface area contributed by atoms with Crippen molar-refractivity contribution in [1.82, 2.24) is 10.3 Å². The zero-order chi connectivity index (χ0) is 14.8. The molecule has 0 aromatic carbocycles. The molecule has 0 bridgehead atoms. The molecule has 0 amide bonds. The quantitative estimate of drug-likeness (QED) is 0.889. The minimum absolute atomic E-state index is 0.301. The van der Waals surface area contributed by atoms with Gasteiger partial charge in [-0.05, 0) is 35.8 Å². The lowest BCUT2D eigenvalue weighted by atomic mass is 10.1. The number of rotatable bonds is 4. The van der Waals surface area contributed by atoms with E-state index < -0.39 is 0 Å². The molecule has 0 unspecified atom stereocenters.